The standard InChI is InChI=1S/C21H25N3O3S2/c1-13(2)24(6)29(26,27)17-11-9-16(10-12-17)20(25)22-21-23(5)18-14(3)7-8-15(4)19(18)28-21/h7-13H,1-6H3. The number of sulfonamides is 1. The van der Waals surface area contributed by atoms with Gasteiger partial charge in [0.2, 0.25) is 10.0 Å². The molecule has 0 aliphatic carbocycles. The summed E-state index contributed by atoms with van der Waals surface area (Å²) in [5.41, 5.74) is 3.69. The van der Waals surface area contributed by atoms with E-state index in [1.807, 2.05) is 39.3 Å². The summed E-state index contributed by atoms with van der Waals surface area (Å²) >= 11 is 1.48. The molecule has 0 radical (unpaired) electrons. The van der Waals surface area contributed by atoms with E-state index in [9.17, 15) is 13.2 Å². The molecule has 6 nitrogen and oxygen atoms in total. The fraction of sp³-hybridized carbons (Fsp3) is 0.333. The van der Waals surface area contributed by atoms with Crippen molar-refractivity contribution >= 4 is 37.5 Å². The third kappa shape index (κ3) is 3.92. The molecule has 3 rings (SSSR count). The van der Waals surface area contributed by atoms with Gasteiger partial charge in [0.25, 0.3) is 5.91 Å². The second-order valence-electron chi connectivity index (χ2n) is 7.38. The van der Waals surface area contributed by atoms with Gasteiger partial charge in [0.15, 0.2) is 4.80 Å². The fourth-order valence-corrected chi connectivity index (χ4v) is 5.56. The van der Waals surface area contributed by atoms with Gasteiger partial charge >= 0.3 is 0 Å². The van der Waals surface area contributed by atoms with Gasteiger partial charge in [-0.05, 0) is 63.1 Å². The van der Waals surface area contributed by atoms with E-state index in [-0.39, 0.29) is 10.9 Å². The Balaban J connectivity index is 1.99. The Bertz CT molecular complexity index is 1250. The minimum absolute atomic E-state index is 0.156. The summed E-state index contributed by atoms with van der Waals surface area (Å²) in [6, 6.07) is 9.90. The predicted molar refractivity (Wildman–Crippen MR) is 117 cm³/mol. The first kappa shape index (κ1) is 21.4. The number of hydrogen-bond donors (Lipinski definition) is 0. The Kier molecular flexibility index (Phi) is 5.80. The second kappa shape index (κ2) is 7.85. The normalized spacial score (nSPS) is 13.0. The summed E-state index contributed by atoms with van der Waals surface area (Å²) in [4.78, 5) is 17.7. The van der Waals surface area contributed by atoms with Crippen molar-refractivity contribution in [3.05, 3.63) is 57.9 Å². The van der Waals surface area contributed by atoms with Crippen LogP contribution in [0, 0.1) is 13.8 Å². The lowest BCUT2D eigenvalue weighted by atomic mass is 10.1. The smallest absolute Gasteiger partial charge is 0.279 e. The lowest BCUT2D eigenvalue weighted by Gasteiger charge is -2.20. The Morgan fingerprint density at radius 3 is 2.21 bits per heavy atom. The molecule has 1 heterocycles. The van der Waals surface area contributed by atoms with Gasteiger partial charge in [0, 0.05) is 25.7 Å². The van der Waals surface area contributed by atoms with E-state index >= 15 is 0 Å². The van der Waals surface area contributed by atoms with Crippen LogP contribution in [0.2, 0.25) is 0 Å². The summed E-state index contributed by atoms with van der Waals surface area (Å²) < 4.78 is 29.5. The maximum atomic E-state index is 12.7. The van der Waals surface area contributed by atoms with Gasteiger partial charge in [-0.1, -0.05) is 23.5 Å². The first-order chi connectivity index (χ1) is 13.5. The molecule has 154 valence electrons. The van der Waals surface area contributed by atoms with Crippen LogP contribution in [0.5, 0.6) is 0 Å². The molecule has 0 fully saturated rings. The van der Waals surface area contributed by atoms with E-state index in [2.05, 4.69) is 17.1 Å². The fourth-order valence-electron chi connectivity index (χ4n) is 3.03. The number of aryl methyl sites for hydroxylation is 3. The number of amides is 1. The van der Waals surface area contributed by atoms with Crippen LogP contribution < -0.4 is 4.80 Å². The van der Waals surface area contributed by atoms with Crippen molar-refractivity contribution in [1.82, 2.24) is 8.87 Å². The summed E-state index contributed by atoms with van der Waals surface area (Å²) in [5.74, 6) is -0.399. The predicted octanol–water partition coefficient (Wildman–Crippen LogP) is 3.63. The number of benzene rings is 2. The van der Waals surface area contributed by atoms with Crippen molar-refractivity contribution < 1.29 is 13.2 Å². The summed E-state index contributed by atoms with van der Waals surface area (Å²) in [7, 11) is -0.145. The summed E-state index contributed by atoms with van der Waals surface area (Å²) in [5, 5.41) is 0. The van der Waals surface area contributed by atoms with Crippen LogP contribution in [0.1, 0.15) is 35.3 Å². The Morgan fingerprint density at radius 2 is 1.66 bits per heavy atom. The van der Waals surface area contributed by atoms with Crippen LogP contribution in [0.4, 0.5) is 0 Å². The van der Waals surface area contributed by atoms with Crippen LogP contribution in [-0.2, 0) is 17.1 Å². The highest BCUT2D eigenvalue weighted by Gasteiger charge is 2.23. The molecular weight excluding hydrogens is 406 g/mol. The minimum atomic E-state index is -3.58. The topological polar surface area (TPSA) is 71.7 Å². The van der Waals surface area contributed by atoms with E-state index < -0.39 is 15.9 Å². The van der Waals surface area contributed by atoms with Crippen molar-refractivity contribution in [2.24, 2.45) is 12.0 Å². The second-order valence-corrected chi connectivity index (χ2v) is 10.4. The zero-order valence-electron chi connectivity index (χ0n) is 17.4. The Hall–Kier alpha value is -2.29. The quantitative estimate of drug-likeness (QED) is 0.633. The van der Waals surface area contributed by atoms with E-state index in [0.29, 0.717) is 10.4 Å². The molecule has 1 amide bonds. The van der Waals surface area contributed by atoms with Gasteiger partial charge < -0.3 is 4.57 Å². The molecular formula is C21H25N3O3S2. The van der Waals surface area contributed by atoms with Crippen LogP contribution in [0.15, 0.2) is 46.3 Å². The van der Waals surface area contributed by atoms with Gasteiger partial charge in [-0.3, -0.25) is 4.79 Å². The molecule has 0 saturated heterocycles. The Morgan fingerprint density at radius 1 is 1.07 bits per heavy atom. The number of thiazole rings is 1. The van der Waals surface area contributed by atoms with Gasteiger partial charge in [0.05, 0.1) is 15.1 Å². The number of nitrogens with zero attached hydrogens (tertiary/aromatic N) is 3. The molecule has 0 unspecified atom stereocenters. The first-order valence-corrected chi connectivity index (χ1v) is 11.5. The molecule has 8 heteroatoms. The van der Waals surface area contributed by atoms with Crippen LogP contribution >= 0.6 is 11.3 Å². The number of hydrogen-bond acceptors (Lipinski definition) is 4. The highest BCUT2D eigenvalue weighted by molar-refractivity contribution is 7.89. The first-order valence-electron chi connectivity index (χ1n) is 9.27. The van der Waals surface area contributed by atoms with E-state index in [1.165, 1.54) is 39.9 Å². The summed E-state index contributed by atoms with van der Waals surface area (Å²) in [6.07, 6.45) is 0. The average Bonchev–Trinajstić information content (AvgIpc) is 3.01. The minimum Gasteiger partial charge on any atom is -0.319 e. The van der Waals surface area contributed by atoms with Gasteiger partial charge in [-0.15, -0.1) is 0 Å². The number of rotatable bonds is 4. The van der Waals surface area contributed by atoms with Crippen molar-refractivity contribution in [1.29, 1.82) is 0 Å². The molecule has 0 atom stereocenters. The average molecular weight is 432 g/mol. The largest absolute Gasteiger partial charge is 0.319 e. The molecule has 0 bridgehead atoms. The molecule has 3 aromatic rings. The van der Waals surface area contributed by atoms with Crippen LogP contribution in [0.25, 0.3) is 10.2 Å². The number of carbonyl (C=O) groups is 1. The van der Waals surface area contributed by atoms with E-state index in [0.717, 1.165) is 21.3 Å². The molecule has 1 aromatic heterocycles. The van der Waals surface area contributed by atoms with Crippen molar-refractivity contribution in [2.75, 3.05) is 7.05 Å². The van der Waals surface area contributed by atoms with Crippen LogP contribution in [-0.4, -0.2) is 36.3 Å². The van der Waals surface area contributed by atoms with Gasteiger partial charge in [-0.2, -0.15) is 9.30 Å². The third-order valence-corrected chi connectivity index (χ3v) is 8.36. The molecule has 29 heavy (non-hydrogen) atoms. The van der Waals surface area contributed by atoms with Crippen LogP contribution in [0.3, 0.4) is 0 Å². The van der Waals surface area contributed by atoms with Crippen molar-refractivity contribution in [3.63, 3.8) is 0 Å². The third-order valence-electron chi connectivity index (χ3n) is 5.05. The SMILES string of the molecule is Cc1ccc(C)c2c1sc(=NC(=O)c1ccc(S(=O)(=O)N(C)C(C)C)cc1)n2C. The lowest BCUT2D eigenvalue weighted by Crippen LogP contribution is -2.33. The number of aromatic nitrogens is 1. The molecule has 0 spiro atoms. The Labute approximate surface area is 175 Å². The zero-order chi connectivity index (χ0) is 21.5. The molecule has 2 aromatic carbocycles. The molecule has 0 N–H and O–H groups in total. The monoisotopic (exact) mass is 431 g/mol. The number of carbonyl (C=O) groups excluding carboxylic acids is 1. The van der Waals surface area contributed by atoms with Gasteiger partial charge in [0.1, 0.15) is 0 Å². The maximum absolute atomic E-state index is 12.7. The highest BCUT2D eigenvalue weighted by Crippen LogP contribution is 2.24. The van der Waals surface area contributed by atoms with Gasteiger partial charge in [-0.25, -0.2) is 8.42 Å². The molecule has 0 saturated carbocycles. The summed E-state index contributed by atoms with van der Waals surface area (Å²) in [6.45, 7) is 7.69. The lowest BCUT2D eigenvalue weighted by molar-refractivity contribution is 0.0998. The van der Waals surface area contributed by atoms with Crippen molar-refractivity contribution in [2.45, 2.75) is 38.6 Å². The zero-order valence-corrected chi connectivity index (χ0v) is 19.1. The molecule has 0 aliphatic heterocycles. The van der Waals surface area contributed by atoms with E-state index in [4.69, 9.17) is 0 Å². The maximum Gasteiger partial charge on any atom is 0.279 e. The van der Waals surface area contributed by atoms with E-state index in [1.54, 1.807) is 7.05 Å². The highest BCUT2D eigenvalue weighted by atomic mass is 32.2. The van der Waals surface area contributed by atoms with Crippen molar-refractivity contribution in [3.8, 4) is 0 Å². The number of fused-ring (bicyclic) bond motifs is 1. The molecule has 0 aliphatic rings.